The summed E-state index contributed by atoms with van der Waals surface area (Å²) in [5.74, 6) is 2.06. The predicted molar refractivity (Wildman–Crippen MR) is 138 cm³/mol. The number of hydrogen-bond donors (Lipinski definition) is 1. The highest BCUT2D eigenvalue weighted by Crippen LogP contribution is 2.35. The molecule has 0 saturated carbocycles. The number of anilines is 2. The Kier molecular flexibility index (Phi) is 7.95. The van der Waals surface area contributed by atoms with E-state index in [1.54, 1.807) is 41.3 Å². The first kappa shape index (κ1) is 24.9. The minimum Gasteiger partial charge on any atom is -0.497 e. The molecule has 0 aliphatic carbocycles. The highest BCUT2D eigenvalue weighted by atomic mass is 16.5. The third-order valence-electron chi connectivity index (χ3n) is 5.90. The van der Waals surface area contributed by atoms with Crippen LogP contribution in [0.5, 0.6) is 23.0 Å². The molecule has 188 valence electrons. The van der Waals surface area contributed by atoms with Gasteiger partial charge in [0.2, 0.25) is 0 Å². The normalized spacial score (nSPS) is 12.4. The molecule has 1 aliphatic heterocycles. The Morgan fingerprint density at radius 3 is 2.47 bits per heavy atom. The molecule has 1 N–H and O–H groups in total. The summed E-state index contributed by atoms with van der Waals surface area (Å²) >= 11 is 0. The fraction of sp³-hybridized carbons (Fsp3) is 0.286. The molecule has 0 radical (unpaired) electrons. The van der Waals surface area contributed by atoms with Crippen LogP contribution in [0.4, 0.5) is 11.4 Å². The minimum absolute atomic E-state index is 0.0119. The summed E-state index contributed by atoms with van der Waals surface area (Å²) in [6.07, 6.45) is 1.56. The Labute approximate surface area is 210 Å². The molecular weight excluding hydrogens is 460 g/mol. The number of para-hydroxylation sites is 1. The predicted octanol–water partition coefficient (Wildman–Crippen LogP) is 4.85. The molecule has 0 saturated heterocycles. The maximum atomic E-state index is 12.9. The zero-order chi connectivity index (χ0) is 25.5. The molecule has 0 unspecified atom stereocenters. The van der Waals surface area contributed by atoms with Gasteiger partial charge in [0.05, 0.1) is 26.5 Å². The van der Waals surface area contributed by atoms with Crippen LogP contribution in [0.2, 0.25) is 0 Å². The first-order valence-corrected chi connectivity index (χ1v) is 11.8. The second-order valence-corrected chi connectivity index (χ2v) is 8.39. The Bertz CT molecular complexity index is 1220. The average Bonchev–Trinajstić information content (AvgIpc) is 2.90. The van der Waals surface area contributed by atoms with Gasteiger partial charge in [0.1, 0.15) is 23.0 Å². The fourth-order valence-electron chi connectivity index (χ4n) is 3.94. The number of rotatable bonds is 10. The second kappa shape index (κ2) is 11.5. The van der Waals surface area contributed by atoms with E-state index in [9.17, 15) is 9.59 Å². The highest BCUT2D eigenvalue weighted by molar-refractivity contribution is 6.06. The maximum absolute atomic E-state index is 12.9. The first-order chi connectivity index (χ1) is 17.5. The Hall–Kier alpha value is -4.20. The monoisotopic (exact) mass is 490 g/mol. The van der Waals surface area contributed by atoms with E-state index in [-0.39, 0.29) is 18.4 Å². The van der Waals surface area contributed by atoms with Crippen molar-refractivity contribution in [3.63, 3.8) is 0 Å². The number of amides is 2. The third-order valence-corrected chi connectivity index (χ3v) is 5.90. The van der Waals surface area contributed by atoms with Crippen LogP contribution in [0.1, 0.15) is 28.8 Å². The van der Waals surface area contributed by atoms with Crippen molar-refractivity contribution < 1.29 is 28.5 Å². The number of carbonyl (C=O) groups is 2. The van der Waals surface area contributed by atoms with Gasteiger partial charge in [0.15, 0.2) is 6.61 Å². The molecule has 8 heteroatoms. The Morgan fingerprint density at radius 2 is 1.75 bits per heavy atom. The molecule has 1 aliphatic rings. The molecule has 4 rings (SSSR count). The van der Waals surface area contributed by atoms with E-state index in [0.29, 0.717) is 47.3 Å². The molecule has 0 bridgehead atoms. The molecule has 8 nitrogen and oxygen atoms in total. The largest absolute Gasteiger partial charge is 0.497 e. The Balaban J connectivity index is 1.41. The van der Waals surface area contributed by atoms with Crippen molar-refractivity contribution in [3.8, 4) is 23.0 Å². The molecule has 0 spiro atoms. The number of ether oxygens (including phenoxy) is 4. The van der Waals surface area contributed by atoms with Gasteiger partial charge in [-0.25, -0.2) is 0 Å². The quantitative estimate of drug-likeness (QED) is 0.409. The van der Waals surface area contributed by atoms with Crippen molar-refractivity contribution in [3.05, 3.63) is 71.8 Å². The lowest BCUT2D eigenvalue weighted by atomic mass is 10.1. The van der Waals surface area contributed by atoms with Crippen LogP contribution in [-0.4, -0.2) is 45.8 Å². The second-order valence-electron chi connectivity index (χ2n) is 8.39. The number of methoxy groups -OCH3 is 2. The van der Waals surface area contributed by atoms with Crippen molar-refractivity contribution in [1.82, 2.24) is 0 Å². The van der Waals surface area contributed by atoms with E-state index in [4.69, 9.17) is 18.9 Å². The topological polar surface area (TPSA) is 86.3 Å². The van der Waals surface area contributed by atoms with E-state index >= 15 is 0 Å². The van der Waals surface area contributed by atoms with E-state index < -0.39 is 0 Å². The van der Waals surface area contributed by atoms with Gasteiger partial charge < -0.3 is 29.2 Å². The summed E-state index contributed by atoms with van der Waals surface area (Å²) < 4.78 is 22.0. The van der Waals surface area contributed by atoms with Crippen LogP contribution in [0.3, 0.4) is 0 Å². The van der Waals surface area contributed by atoms with Crippen LogP contribution in [-0.2, 0) is 4.79 Å². The van der Waals surface area contributed by atoms with Gasteiger partial charge in [-0.05, 0) is 61.7 Å². The van der Waals surface area contributed by atoms with E-state index in [1.807, 2.05) is 31.2 Å². The SMILES string of the molecule is COc1cc(OC)cc(C(=O)Nc2ccc3c(c2)N(CCCCOc2ccccc2C)C(=O)CO3)c1. The summed E-state index contributed by atoms with van der Waals surface area (Å²) in [5, 5.41) is 2.88. The van der Waals surface area contributed by atoms with Crippen LogP contribution in [0.15, 0.2) is 60.7 Å². The average molecular weight is 491 g/mol. The maximum Gasteiger partial charge on any atom is 0.265 e. The highest BCUT2D eigenvalue weighted by Gasteiger charge is 2.25. The number of nitrogens with one attached hydrogen (secondary N) is 1. The minimum atomic E-state index is -0.324. The van der Waals surface area contributed by atoms with Crippen molar-refractivity contribution in [2.45, 2.75) is 19.8 Å². The summed E-state index contributed by atoms with van der Waals surface area (Å²) in [5.41, 5.74) is 2.66. The molecule has 0 aromatic heterocycles. The molecular formula is C28H30N2O6. The smallest absolute Gasteiger partial charge is 0.265 e. The number of unbranched alkanes of at least 4 members (excludes halogenated alkanes) is 1. The zero-order valence-corrected chi connectivity index (χ0v) is 20.7. The van der Waals surface area contributed by atoms with E-state index in [0.717, 1.165) is 24.2 Å². The van der Waals surface area contributed by atoms with Gasteiger partial charge in [-0.15, -0.1) is 0 Å². The van der Waals surface area contributed by atoms with Crippen LogP contribution in [0.25, 0.3) is 0 Å². The van der Waals surface area contributed by atoms with Gasteiger partial charge >= 0.3 is 0 Å². The summed E-state index contributed by atoms with van der Waals surface area (Å²) in [6.45, 7) is 3.09. The zero-order valence-electron chi connectivity index (χ0n) is 20.7. The van der Waals surface area contributed by atoms with Crippen LogP contribution < -0.4 is 29.2 Å². The fourth-order valence-corrected chi connectivity index (χ4v) is 3.94. The van der Waals surface area contributed by atoms with Gasteiger partial charge in [-0.3, -0.25) is 9.59 Å². The first-order valence-electron chi connectivity index (χ1n) is 11.8. The van der Waals surface area contributed by atoms with Crippen molar-refractivity contribution in [2.24, 2.45) is 0 Å². The molecule has 36 heavy (non-hydrogen) atoms. The number of aryl methyl sites for hydroxylation is 1. The molecule has 1 heterocycles. The standard InChI is InChI=1S/C28H30N2O6/c1-19-8-4-5-9-25(19)35-13-7-6-12-30-24-16-21(10-11-26(24)36-18-27(30)31)29-28(32)20-14-22(33-2)17-23(15-20)34-3/h4-5,8-11,14-17H,6-7,12-13,18H2,1-3H3,(H,29,32). The molecule has 2 amide bonds. The lowest BCUT2D eigenvalue weighted by Crippen LogP contribution is -2.39. The number of fused-ring (bicyclic) bond motifs is 1. The van der Waals surface area contributed by atoms with Gasteiger partial charge in [-0.2, -0.15) is 0 Å². The van der Waals surface area contributed by atoms with Crippen LogP contribution >= 0.6 is 0 Å². The van der Waals surface area contributed by atoms with Crippen molar-refractivity contribution >= 4 is 23.2 Å². The lowest BCUT2D eigenvalue weighted by Gasteiger charge is -2.30. The van der Waals surface area contributed by atoms with Gasteiger partial charge in [0, 0.05) is 23.9 Å². The number of nitrogens with zero attached hydrogens (tertiary/aromatic N) is 1. The van der Waals surface area contributed by atoms with Crippen molar-refractivity contribution in [1.29, 1.82) is 0 Å². The van der Waals surface area contributed by atoms with Gasteiger partial charge in [-0.1, -0.05) is 18.2 Å². The molecule has 3 aromatic carbocycles. The van der Waals surface area contributed by atoms with E-state index in [2.05, 4.69) is 5.32 Å². The lowest BCUT2D eigenvalue weighted by molar-refractivity contribution is -0.121. The summed E-state index contributed by atoms with van der Waals surface area (Å²) in [7, 11) is 3.06. The molecule has 0 atom stereocenters. The number of benzene rings is 3. The van der Waals surface area contributed by atoms with E-state index in [1.165, 1.54) is 14.2 Å². The Morgan fingerprint density at radius 1 is 1.00 bits per heavy atom. The number of hydrogen-bond acceptors (Lipinski definition) is 6. The van der Waals surface area contributed by atoms with Gasteiger partial charge in [0.25, 0.3) is 11.8 Å². The molecule has 3 aromatic rings. The van der Waals surface area contributed by atoms with Crippen LogP contribution in [0, 0.1) is 6.92 Å². The summed E-state index contributed by atoms with van der Waals surface area (Å²) in [4.78, 5) is 27.2. The number of carbonyl (C=O) groups excluding carboxylic acids is 2. The summed E-state index contributed by atoms with van der Waals surface area (Å²) in [6, 6.07) is 18.1. The molecule has 0 fully saturated rings. The third kappa shape index (κ3) is 5.89. The van der Waals surface area contributed by atoms with Crippen molar-refractivity contribution in [2.75, 3.05) is 44.2 Å².